The highest BCUT2D eigenvalue weighted by Crippen LogP contribution is 2.23. The van der Waals surface area contributed by atoms with Crippen molar-refractivity contribution in [1.82, 2.24) is 14.8 Å². The summed E-state index contributed by atoms with van der Waals surface area (Å²) < 4.78 is 1.36. The van der Waals surface area contributed by atoms with Crippen molar-refractivity contribution >= 4 is 11.7 Å². The normalized spacial score (nSPS) is 16.2. The minimum Gasteiger partial charge on any atom is -0.358 e. The van der Waals surface area contributed by atoms with Crippen LogP contribution in [-0.4, -0.2) is 47.0 Å². The van der Waals surface area contributed by atoms with Crippen LogP contribution in [0.1, 0.15) is 29.8 Å². The second kappa shape index (κ2) is 6.71. The van der Waals surface area contributed by atoms with Gasteiger partial charge in [0.2, 0.25) is 0 Å². The van der Waals surface area contributed by atoms with Gasteiger partial charge in [-0.05, 0) is 49.8 Å². The maximum atomic E-state index is 12.4. The first-order chi connectivity index (χ1) is 10.0. The molecule has 1 aliphatic rings. The number of hydrogen-bond acceptors (Lipinski definition) is 4. The van der Waals surface area contributed by atoms with Gasteiger partial charge in [-0.3, -0.25) is 4.79 Å². The molecule has 0 bridgehead atoms. The second-order valence-electron chi connectivity index (χ2n) is 5.52. The molecule has 0 aliphatic carbocycles. The minimum absolute atomic E-state index is 0.0535. The van der Waals surface area contributed by atoms with Crippen molar-refractivity contribution < 1.29 is 9.72 Å². The molecule has 7 heteroatoms. The van der Waals surface area contributed by atoms with Crippen LogP contribution in [-0.2, 0) is 7.05 Å². The number of nitrogens with zero attached hydrogens (tertiary/aromatic N) is 3. The fourth-order valence-corrected chi connectivity index (χ4v) is 2.83. The van der Waals surface area contributed by atoms with Crippen LogP contribution in [0.2, 0.25) is 0 Å². The van der Waals surface area contributed by atoms with Crippen LogP contribution >= 0.6 is 0 Å². The van der Waals surface area contributed by atoms with E-state index in [-0.39, 0.29) is 11.7 Å². The van der Waals surface area contributed by atoms with Crippen LogP contribution in [0.4, 0.5) is 5.82 Å². The first-order valence-corrected chi connectivity index (χ1v) is 7.28. The maximum absolute atomic E-state index is 12.4. The zero-order chi connectivity index (χ0) is 15.4. The molecule has 2 rings (SSSR count). The number of nitrogens with one attached hydrogen (secondary N) is 1. The van der Waals surface area contributed by atoms with Gasteiger partial charge in [-0.15, -0.1) is 0 Å². The summed E-state index contributed by atoms with van der Waals surface area (Å²) in [6.45, 7) is 2.46. The van der Waals surface area contributed by atoms with Gasteiger partial charge in [0.05, 0.1) is 7.05 Å². The predicted molar refractivity (Wildman–Crippen MR) is 79.2 cm³/mol. The number of likely N-dealkylation sites (tertiary alicyclic amines) is 1. The lowest BCUT2D eigenvalue weighted by atomic mass is 9.93. The molecule has 1 N–H and O–H groups in total. The largest absolute Gasteiger partial charge is 0.358 e. The third kappa shape index (κ3) is 3.41. The highest BCUT2D eigenvalue weighted by molar-refractivity contribution is 5.93. The van der Waals surface area contributed by atoms with Crippen LogP contribution in [0, 0.1) is 16.0 Å². The van der Waals surface area contributed by atoms with Gasteiger partial charge in [-0.2, -0.15) is 0 Å². The fraction of sp³-hybridized carbons (Fsp3) is 0.643. The van der Waals surface area contributed by atoms with E-state index in [4.69, 9.17) is 0 Å². The average Bonchev–Trinajstić information content (AvgIpc) is 2.87. The van der Waals surface area contributed by atoms with Gasteiger partial charge >= 0.3 is 5.82 Å². The van der Waals surface area contributed by atoms with Gasteiger partial charge < -0.3 is 20.3 Å². The van der Waals surface area contributed by atoms with Crippen molar-refractivity contribution in [2.24, 2.45) is 13.0 Å². The zero-order valence-electron chi connectivity index (χ0n) is 12.5. The Hall–Kier alpha value is -1.89. The Morgan fingerprint density at radius 1 is 1.43 bits per heavy atom. The molecular weight excluding hydrogens is 272 g/mol. The number of carbonyl (C=O) groups is 1. The Balaban J connectivity index is 1.97. The van der Waals surface area contributed by atoms with Gasteiger partial charge in [-0.1, -0.05) is 0 Å². The summed E-state index contributed by atoms with van der Waals surface area (Å²) in [6.07, 6.45) is 3.13. The number of piperidine rings is 1. The second-order valence-corrected chi connectivity index (χ2v) is 5.52. The molecule has 0 aromatic carbocycles. The van der Waals surface area contributed by atoms with E-state index in [2.05, 4.69) is 5.32 Å². The molecular formula is C14H22N4O3. The molecule has 0 atom stereocenters. The van der Waals surface area contributed by atoms with E-state index >= 15 is 0 Å². The highest BCUT2D eigenvalue weighted by atomic mass is 16.6. The molecule has 2 heterocycles. The number of hydrogen-bond donors (Lipinski definition) is 1. The zero-order valence-corrected chi connectivity index (χ0v) is 12.5. The number of amides is 1. The van der Waals surface area contributed by atoms with Crippen molar-refractivity contribution in [1.29, 1.82) is 0 Å². The molecule has 1 aromatic heterocycles. The summed E-state index contributed by atoms with van der Waals surface area (Å²) in [5, 5.41) is 14.0. The Bertz CT molecular complexity index is 518. The first-order valence-electron chi connectivity index (χ1n) is 7.28. The molecule has 1 aromatic rings. The van der Waals surface area contributed by atoms with E-state index < -0.39 is 4.92 Å². The van der Waals surface area contributed by atoms with Gasteiger partial charge in [0.1, 0.15) is 0 Å². The Kier molecular flexibility index (Phi) is 4.95. The summed E-state index contributed by atoms with van der Waals surface area (Å²) in [6, 6.07) is 2.92. The summed E-state index contributed by atoms with van der Waals surface area (Å²) in [5.74, 6) is 0.490. The quantitative estimate of drug-likeness (QED) is 0.657. The van der Waals surface area contributed by atoms with E-state index in [1.807, 2.05) is 7.05 Å². The molecule has 7 nitrogen and oxygen atoms in total. The molecule has 116 valence electrons. The fourth-order valence-electron chi connectivity index (χ4n) is 2.83. The van der Waals surface area contributed by atoms with Crippen molar-refractivity contribution in [3.05, 3.63) is 27.9 Å². The van der Waals surface area contributed by atoms with Crippen LogP contribution in [0.25, 0.3) is 0 Å². The maximum Gasteiger partial charge on any atom is 0.323 e. The standard InChI is InChI=1S/C14H22N4O3/c1-15-8-5-11-6-9-17(10-7-11)14(19)12-3-4-13(16(12)2)18(20)21/h3-4,11,15H,5-10H2,1-2H3. The molecule has 0 spiro atoms. The third-order valence-corrected chi connectivity index (χ3v) is 4.21. The van der Waals surface area contributed by atoms with Gasteiger partial charge in [0.25, 0.3) is 5.91 Å². The van der Waals surface area contributed by atoms with E-state index in [9.17, 15) is 14.9 Å². The predicted octanol–water partition coefficient (Wildman–Crippen LogP) is 1.39. The summed E-state index contributed by atoms with van der Waals surface area (Å²) >= 11 is 0. The molecule has 1 saturated heterocycles. The van der Waals surface area contributed by atoms with Gasteiger partial charge in [0.15, 0.2) is 5.69 Å². The number of carbonyl (C=O) groups excluding carboxylic acids is 1. The molecule has 1 amide bonds. The van der Waals surface area contributed by atoms with Crippen LogP contribution in [0.5, 0.6) is 0 Å². The summed E-state index contributed by atoms with van der Waals surface area (Å²) in [5.41, 5.74) is 0.385. The molecule has 0 unspecified atom stereocenters. The minimum atomic E-state index is -0.471. The average molecular weight is 294 g/mol. The van der Waals surface area contributed by atoms with Gasteiger partial charge in [0, 0.05) is 19.2 Å². The lowest BCUT2D eigenvalue weighted by Gasteiger charge is -2.31. The van der Waals surface area contributed by atoms with E-state index in [0.717, 1.165) is 38.9 Å². The molecule has 1 aliphatic heterocycles. The molecule has 0 radical (unpaired) electrons. The summed E-state index contributed by atoms with van der Waals surface area (Å²) in [4.78, 5) is 24.6. The van der Waals surface area contributed by atoms with Crippen LogP contribution in [0.15, 0.2) is 12.1 Å². The van der Waals surface area contributed by atoms with Crippen LogP contribution in [0.3, 0.4) is 0 Å². The van der Waals surface area contributed by atoms with E-state index in [0.29, 0.717) is 11.6 Å². The lowest BCUT2D eigenvalue weighted by Crippen LogP contribution is -2.39. The molecule has 0 saturated carbocycles. The van der Waals surface area contributed by atoms with E-state index in [1.165, 1.54) is 16.7 Å². The SMILES string of the molecule is CNCCC1CCN(C(=O)c2ccc([N+](=O)[O-])n2C)CC1. The Morgan fingerprint density at radius 3 is 2.62 bits per heavy atom. The molecule has 1 fully saturated rings. The Labute approximate surface area is 124 Å². The highest BCUT2D eigenvalue weighted by Gasteiger charge is 2.28. The smallest absolute Gasteiger partial charge is 0.323 e. The van der Waals surface area contributed by atoms with Crippen molar-refractivity contribution in [2.75, 3.05) is 26.7 Å². The van der Waals surface area contributed by atoms with Crippen LogP contribution < -0.4 is 5.32 Å². The number of nitro groups is 1. The third-order valence-electron chi connectivity index (χ3n) is 4.21. The lowest BCUT2D eigenvalue weighted by molar-refractivity contribution is -0.391. The van der Waals surface area contributed by atoms with Gasteiger partial charge in [-0.25, -0.2) is 4.57 Å². The Morgan fingerprint density at radius 2 is 2.10 bits per heavy atom. The first kappa shape index (κ1) is 15.5. The van der Waals surface area contributed by atoms with Crippen molar-refractivity contribution in [3.8, 4) is 0 Å². The number of aromatic nitrogens is 1. The van der Waals surface area contributed by atoms with E-state index in [1.54, 1.807) is 11.9 Å². The summed E-state index contributed by atoms with van der Waals surface area (Å²) in [7, 11) is 3.51. The molecule has 21 heavy (non-hydrogen) atoms. The topological polar surface area (TPSA) is 80.4 Å². The van der Waals surface area contributed by atoms with Crippen molar-refractivity contribution in [2.45, 2.75) is 19.3 Å². The monoisotopic (exact) mass is 294 g/mol. The van der Waals surface area contributed by atoms with Crippen molar-refractivity contribution in [3.63, 3.8) is 0 Å². The number of rotatable bonds is 5.